The Morgan fingerprint density at radius 1 is 1.25 bits per heavy atom. The molecular formula is C15H13BrFNO2. The maximum atomic E-state index is 12.9. The van der Waals surface area contributed by atoms with E-state index in [1.807, 2.05) is 6.92 Å². The summed E-state index contributed by atoms with van der Waals surface area (Å²) in [6.45, 7) is 1.95. The van der Waals surface area contributed by atoms with Crippen molar-refractivity contribution < 1.29 is 14.3 Å². The summed E-state index contributed by atoms with van der Waals surface area (Å²) in [5.74, 6) is -1.24. The molecule has 0 aliphatic carbocycles. The normalized spacial score (nSPS) is 11.9. The first-order valence-electron chi connectivity index (χ1n) is 6.02. The molecule has 0 saturated heterocycles. The summed E-state index contributed by atoms with van der Waals surface area (Å²) in [4.78, 5) is 10.9. The van der Waals surface area contributed by atoms with Crippen LogP contribution in [0.3, 0.4) is 0 Å². The molecule has 0 aliphatic rings. The zero-order valence-corrected chi connectivity index (χ0v) is 12.3. The largest absolute Gasteiger partial charge is 0.478 e. The number of anilines is 1. The highest BCUT2D eigenvalue weighted by Gasteiger charge is 2.10. The molecule has 0 saturated carbocycles. The van der Waals surface area contributed by atoms with Crippen LogP contribution in [-0.2, 0) is 0 Å². The number of halogens is 2. The summed E-state index contributed by atoms with van der Waals surface area (Å²) in [6, 6.07) is 11.0. The molecule has 0 spiro atoms. The molecule has 2 N–H and O–H groups in total. The quantitative estimate of drug-likeness (QED) is 0.865. The fourth-order valence-corrected chi connectivity index (χ4v) is 2.33. The number of carboxylic acid groups (broad SMARTS) is 1. The predicted molar refractivity (Wildman–Crippen MR) is 79.5 cm³/mol. The zero-order chi connectivity index (χ0) is 14.7. The molecule has 1 unspecified atom stereocenters. The highest BCUT2D eigenvalue weighted by atomic mass is 79.9. The average molecular weight is 338 g/mol. The van der Waals surface area contributed by atoms with E-state index >= 15 is 0 Å². The molecule has 0 heterocycles. The lowest BCUT2D eigenvalue weighted by molar-refractivity contribution is 0.0697. The van der Waals surface area contributed by atoms with E-state index in [1.165, 1.54) is 18.2 Å². The van der Waals surface area contributed by atoms with Gasteiger partial charge >= 0.3 is 5.97 Å². The molecule has 0 radical (unpaired) electrons. The number of carbonyl (C=O) groups is 1. The molecule has 104 valence electrons. The molecule has 0 aliphatic heterocycles. The van der Waals surface area contributed by atoms with Crippen molar-refractivity contribution in [2.24, 2.45) is 0 Å². The van der Waals surface area contributed by atoms with Gasteiger partial charge in [-0.25, -0.2) is 9.18 Å². The van der Waals surface area contributed by atoms with Gasteiger partial charge in [-0.1, -0.05) is 12.1 Å². The van der Waals surface area contributed by atoms with E-state index < -0.39 is 5.97 Å². The van der Waals surface area contributed by atoms with Crippen molar-refractivity contribution in [2.45, 2.75) is 13.0 Å². The topological polar surface area (TPSA) is 49.3 Å². The van der Waals surface area contributed by atoms with Gasteiger partial charge < -0.3 is 10.4 Å². The van der Waals surface area contributed by atoms with Crippen molar-refractivity contribution in [1.29, 1.82) is 0 Å². The van der Waals surface area contributed by atoms with E-state index in [0.29, 0.717) is 4.47 Å². The van der Waals surface area contributed by atoms with Crippen LogP contribution in [0.15, 0.2) is 46.9 Å². The van der Waals surface area contributed by atoms with Gasteiger partial charge in [0.15, 0.2) is 0 Å². The Balaban J connectivity index is 2.17. The maximum Gasteiger partial charge on any atom is 0.335 e. The summed E-state index contributed by atoms with van der Waals surface area (Å²) in [6.07, 6.45) is 0. The SMILES string of the molecule is CC(Nc1ccc(C(=O)O)cc1Br)c1ccc(F)cc1. The van der Waals surface area contributed by atoms with Crippen molar-refractivity contribution in [3.63, 3.8) is 0 Å². The second kappa shape index (κ2) is 6.05. The molecule has 0 aromatic heterocycles. The van der Waals surface area contributed by atoms with Gasteiger partial charge in [0, 0.05) is 16.2 Å². The first kappa shape index (κ1) is 14.5. The van der Waals surface area contributed by atoms with E-state index in [4.69, 9.17) is 5.11 Å². The number of nitrogens with one attached hydrogen (secondary N) is 1. The zero-order valence-electron chi connectivity index (χ0n) is 10.7. The first-order valence-corrected chi connectivity index (χ1v) is 6.81. The molecule has 2 rings (SSSR count). The van der Waals surface area contributed by atoms with Gasteiger partial charge in [-0.15, -0.1) is 0 Å². The number of aromatic carboxylic acids is 1. The lowest BCUT2D eigenvalue weighted by Crippen LogP contribution is -2.07. The van der Waals surface area contributed by atoms with Gasteiger partial charge in [-0.3, -0.25) is 0 Å². The van der Waals surface area contributed by atoms with Crippen LogP contribution in [0.25, 0.3) is 0 Å². The summed E-state index contributed by atoms with van der Waals surface area (Å²) in [7, 11) is 0. The van der Waals surface area contributed by atoms with Crippen LogP contribution in [0.2, 0.25) is 0 Å². The number of carboxylic acids is 1. The smallest absolute Gasteiger partial charge is 0.335 e. The van der Waals surface area contributed by atoms with Crippen LogP contribution in [0.4, 0.5) is 10.1 Å². The number of rotatable bonds is 4. The van der Waals surface area contributed by atoms with Crippen LogP contribution in [0.1, 0.15) is 28.9 Å². The minimum Gasteiger partial charge on any atom is -0.478 e. The third kappa shape index (κ3) is 3.36. The van der Waals surface area contributed by atoms with Crippen LogP contribution >= 0.6 is 15.9 Å². The molecule has 2 aromatic rings. The lowest BCUT2D eigenvalue weighted by Gasteiger charge is -2.17. The van der Waals surface area contributed by atoms with Gasteiger partial charge in [-0.05, 0) is 58.7 Å². The van der Waals surface area contributed by atoms with E-state index in [0.717, 1.165) is 11.3 Å². The van der Waals surface area contributed by atoms with Crippen LogP contribution in [-0.4, -0.2) is 11.1 Å². The Labute approximate surface area is 124 Å². The minimum absolute atomic E-state index is 0.0254. The summed E-state index contributed by atoms with van der Waals surface area (Å²) < 4.78 is 13.6. The average Bonchev–Trinajstić information content (AvgIpc) is 2.41. The minimum atomic E-state index is -0.969. The molecule has 2 aromatic carbocycles. The van der Waals surface area contributed by atoms with Crippen molar-refractivity contribution in [2.75, 3.05) is 5.32 Å². The molecule has 0 amide bonds. The fraction of sp³-hybridized carbons (Fsp3) is 0.133. The third-order valence-electron chi connectivity index (χ3n) is 2.96. The van der Waals surface area contributed by atoms with E-state index in [9.17, 15) is 9.18 Å². The summed E-state index contributed by atoms with van der Waals surface area (Å²) >= 11 is 3.34. The maximum absolute atomic E-state index is 12.9. The Morgan fingerprint density at radius 2 is 1.90 bits per heavy atom. The molecule has 1 atom stereocenters. The lowest BCUT2D eigenvalue weighted by atomic mass is 10.1. The number of hydrogen-bond donors (Lipinski definition) is 2. The Hall–Kier alpha value is -1.88. The molecule has 20 heavy (non-hydrogen) atoms. The highest BCUT2D eigenvalue weighted by molar-refractivity contribution is 9.10. The van der Waals surface area contributed by atoms with Crippen LogP contribution in [0.5, 0.6) is 0 Å². The highest BCUT2D eigenvalue weighted by Crippen LogP contribution is 2.27. The van der Waals surface area contributed by atoms with Gasteiger partial charge in [0.2, 0.25) is 0 Å². The Morgan fingerprint density at radius 3 is 2.45 bits per heavy atom. The molecule has 0 fully saturated rings. The monoisotopic (exact) mass is 337 g/mol. The van der Waals surface area contributed by atoms with Gasteiger partial charge in [0.1, 0.15) is 5.82 Å². The van der Waals surface area contributed by atoms with Gasteiger partial charge in [0.25, 0.3) is 0 Å². The van der Waals surface area contributed by atoms with E-state index in [1.54, 1.807) is 24.3 Å². The third-order valence-corrected chi connectivity index (χ3v) is 3.61. The Bertz CT molecular complexity index is 628. The van der Waals surface area contributed by atoms with Gasteiger partial charge in [-0.2, -0.15) is 0 Å². The van der Waals surface area contributed by atoms with Crippen molar-refractivity contribution in [1.82, 2.24) is 0 Å². The number of hydrogen-bond acceptors (Lipinski definition) is 2. The predicted octanol–water partition coefficient (Wildman–Crippen LogP) is 4.46. The standard InChI is InChI=1S/C15H13BrFNO2/c1-9(10-2-5-12(17)6-3-10)18-14-7-4-11(15(19)20)8-13(14)16/h2-9,18H,1H3,(H,19,20). The van der Waals surface area contributed by atoms with Gasteiger partial charge in [0.05, 0.1) is 5.56 Å². The molecular weight excluding hydrogens is 325 g/mol. The summed E-state index contributed by atoms with van der Waals surface area (Å²) in [5.41, 5.74) is 1.95. The summed E-state index contributed by atoms with van der Waals surface area (Å²) in [5, 5.41) is 12.2. The van der Waals surface area contributed by atoms with Crippen molar-refractivity contribution >= 4 is 27.6 Å². The van der Waals surface area contributed by atoms with E-state index in [2.05, 4.69) is 21.2 Å². The van der Waals surface area contributed by atoms with Crippen LogP contribution < -0.4 is 5.32 Å². The second-order valence-corrected chi connectivity index (χ2v) is 5.27. The second-order valence-electron chi connectivity index (χ2n) is 4.42. The Kier molecular flexibility index (Phi) is 4.39. The van der Waals surface area contributed by atoms with Crippen LogP contribution in [0, 0.1) is 5.82 Å². The van der Waals surface area contributed by atoms with Crippen molar-refractivity contribution in [3.05, 3.63) is 63.9 Å². The fourth-order valence-electron chi connectivity index (χ4n) is 1.83. The number of benzene rings is 2. The first-order chi connectivity index (χ1) is 9.47. The molecule has 3 nitrogen and oxygen atoms in total. The molecule has 5 heteroatoms. The van der Waals surface area contributed by atoms with E-state index in [-0.39, 0.29) is 17.4 Å². The molecule has 0 bridgehead atoms. The van der Waals surface area contributed by atoms with Crippen molar-refractivity contribution in [3.8, 4) is 0 Å².